The number of para-hydroxylation sites is 1. The van der Waals surface area contributed by atoms with Gasteiger partial charge in [0, 0.05) is 27.8 Å². The lowest BCUT2D eigenvalue weighted by Gasteiger charge is -2.34. The highest BCUT2D eigenvalue weighted by Crippen LogP contribution is 2.56. The minimum atomic E-state index is -0.311. The lowest BCUT2D eigenvalue weighted by Crippen LogP contribution is -2.23. The number of benzene rings is 7. The molecule has 0 fully saturated rings. The molecule has 7 aromatic carbocycles. The molecule has 56 heavy (non-hydrogen) atoms. The zero-order chi connectivity index (χ0) is 39.2. The Hall–Kier alpha value is -5.66. The van der Waals surface area contributed by atoms with Crippen molar-refractivity contribution in [2.24, 2.45) is 0 Å². The minimum Gasteiger partial charge on any atom is -0.310 e. The Kier molecular flexibility index (Phi) is 8.16. The molecule has 0 saturated heterocycles. The highest BCUT2D eigenvalue weighted by molar-refractivity contribution is 5.95. The van der Waals surface area contributed by atoms with Gasteiger partial charge in [0.1, 0.15) is 0 Å². The van der Waals surface area contributed by atoms with Gasteiger partial charge in [-0.1, -0.05) is 183 Å². The molecule has 0 aliphatic heterocycles. The fourth-order valence-corrected chi connectivity index (χ4v) is 9.70. The molecule has 0 heterocycles. The van der Waals surface area contributed by atoms with Crippen molar-refractivity contribution in [2.45, 2.75) is 84.0 Å². The maximum Gasteiger partial charge on any atom is 0.0540 e. The monoisotopic (exact) mass is 727 g/mol. The van der Waals surface area contributed by atoms with Crippen molar-refractivity contribution in [1.29, 1.82) is 0 Å². The third-order valence-corrected chi connectivity index (χ3v) is 12.8. The molecule has 278 valence electrons. The zero-order valence-corrected chi connectivity index (χ0v) is 34.5. The lowest BCUT2D eigenvalue weighted by atomic mass is 9.74. The molecule has 0 saturated carbocycles. The summed E-state index contributed by atoms with van der Waals surface area (Å²) in [5.74, 6) is 0. The third kappa shape index (κ3) is 5.50. The van der Waals surface area contributed by atoms with Crippen LogP contribution >= 0.6 is 0 Å². The van der Waals surface area contributed by atoms with E-state index in [-0.39, 0.29) is 21.7 Å². The topological polar surface area (TPSA) is 3.24 Å². The fraction of sp³-hybridized carbons (Fsp3) is 0.236. The Bertz CT molecular complexity index is 2610. The molecule has 0 radical (unpaired) electrons. The highest BCUT2D eigenvalue weighted by Gasteiger charge is 2.42. The van der Waals surface area contributed by atoms with Gasteiger partial charge in [0.05, 0.1) is 5.69 Å². The number of hydrogen-bond acceptors (Lipinski definition) is 1. The normalized spacial score (nSPS) is 16.5. The molecular weight excluding hydrogens is 675 g/mol. The Balaban J connectivity index is 1.34. The summed E-state index contributed by atoms with van der Waals surface area (Å²) in [4.78, 5) is 2.56. The predicted octanol–water partition coefficient (Wildman–Crippen LogP) is 15.1. The summed E-state index contributed by atoms with van der Waals surface area (Å²) in [5.41, 5.74) is 20.3. The summed E-state index contributed by atoms with van der Waals surface area (Å²) in [5, 5.41) is 0. The number of hydrogen-bond donors (Lipinski definition) is 0. The molecular formula is C55H53N. The van der Waals surface area contributed by atoms with E-state index in [1.165, 1.54) is 83.7 Å². The predicted molar refractivity (Wildman–Crippen MR) is 239 cm³/mol. The van der Waals surface area contributed by atoms with E-state index in [0.717, 1.165) is 5.69 Å². The smallest absolute Gasteiger partial charge is 0.0540 e. The van der Waals surface area contributed by atoms with Crippen LogP contribution in [0.1, 0.15) is 101 Å². The van der Waals surface area contributed by atoms with Crippen LogP contribution in [0.25, 0.3) is 33.4 Å². The van der Waals surface area contributed by atoms with E-state index in [0.29, 0.717) is 0 Å². The maximum absolute atomic E-state index is 2.56. The van der Waals surface area contributed by atoms with E-state index >= 15 is 0 Å². The number of rotatable bonds is 5. The van der Waals surface area contributed by atoms with E-state index in [9.17, 15) is 0 Å². The molecule has 1 nitrogen and oxygen atoms in total. The fourth-order valence-electron chi connectivity index (χ4n) is 9.70. The van der Waals surface area contributed by atoms with E-state index in [1.807, 2.05) is 0 Å². The third-order valence-electron chi connectivity index (χ3n) is 12.8. The van der Waals surface area contributed by atoms with Crippen LogP contribution in [0.3, 0.4) is 0 Å². The summed E-state index contributed by atoms with van der Waals surface area (Å²) < 4.78 is 0. The molecule has 9 rings (SSSR count). The summed E-state index contributed by atoms with van der Waals surface area (Å²) >= 11 is 0. The van der Waals surface area contributed by atoms with Crippen LogP contribution in [-0.4, -0.2) is 0 Å². The zero-order valence-electron chi connectivity index (χ0n) is 34.5. The average Bonchev–Trinajstić information content (AvgIpc) is 3.59. The molecule has 2 aliphatic rings. The molecule has 0 spiro atoms. The first-order chi connectivity index (χ1) is 26.7. The van der Waals surface area contributed by atoms with Crippen molar-refractivity contribution in [3.05, 3.63) is 197 Å². The molecule has 0 N–H and O–H groups in total. The SMILES string of the molecule is CC(C)(C)c1cc(N(c2ccc3c(c2)C(C)(c2ccccc2)c2ccccc2-3)c2ccccc2-c2cccc3c2C(C)(C)c2ccccc2-3)cc(C(C)(C)C)c1. The minimum absolute atomic E-state index is 0.0390. The second-order valence-corrected chi connectivity index (χ2v) is 18.8. The average molecular weight is 728 g/mol. The maximum atomic E-state index is 2.56. The van der Waals surface area contributed by atoms with Crippen molar-refractivity contribution in [3.8, 4) is 33.4 Å². The van der Waals surface area contributed by atoms with E-state index < -0.39 is 0 Å². The van der Waals surface area contributed by atoms with Gasteiger partial charge in [-0.05, 0) is 115 Å². The number of fused-ring (bicyclic) bond motifs is 6. The number of anilines is 3. The molecule has 0 amide bonds. The second-order valence-electron chi connectivity index (χ2n) is 18.8. The van der Waals surface area contributed by atoms with Gasteiger partial charge in [-0.15, -0.1) is 0 Å². The van der Waals surface area contributed by atoms with Crippen molar-refractivity contribution in [1.82, 2.24) is 0 Å². The van der Waals surface area contributed by atoms with Crippen LogP contribution in [0.2, 0.25) is 0 Å². The second kappa shape index (κ2) is 12.7. The van der Waals surface area contributed by atoms with Crippen LogP contribution < -0.4 is 4.90 Å². The van der Waals surface area contributed by atoms with Crippen molar-refractivity contribution in [3.63, 3.8) is 0 Å². The lowest BCUT2D eigenvalue weighted by molar-refractivity contribution is 0.569. The summed E-state index contributed by atoms with van der Waals surface area (Å²) in [7, 11) is 0. The molecule has 1 heteroatoms. The van der Waals surface area contributed by atoms with Gasteiger partial charge in [-0.2, -0.15) is 0 Å². The molecule has 0 bridgehead atoms. The van der Waals surface area contributed by atoms with Gasteiger partial charge >= 0.3 is 0 Å². The van der Waals surface area contributed by atoms with Crippen molar-refractivity contribution in [2.75, 3.05) is 4.90 Å². The van der Waals surface area contributed by atoms with Crippen LogP contribution in [0.5, 0.6) is 0 Å². The van der Waals surface area contributed by atoms with Gasteiger partial charge < -0.3 is 4.90 Å². The highest BCUT2D eigenvalue weighted by atomic mass is 15.1. The van der Waals surface area contributed by atoms with E-state index in [4.69, 9.17) is 0 Å². The van der Waals surface area contributed by atoms with Crippen LogP contribution in [-0.2, 0) is 21.7 Å². The van der Waals surface area contributed by atoms with Gasteiger partial charge in [0.25, 0.3) is 0 Å². The standard InChI is InChI=1S/C55H53N/c1-52(2,3)37-32-38(53(4,5)6)34-40(33-37)56(39-30-31-43-41-22-14-17-28-48(41)55(9,49(43)35-39)36-20-11-10-12-21-36)50-29-18-15-24-44(50)46-26-19-25-45-42-23-13-16-27-47(42)54(7,8)51(45)46/h10-35H,1-9H3. The van der Waals surface area contributed by atoms with Gasteiger partial charge in [-0.3, -0.25) is 0 Å². The quantitative estimate of drug-likeness (QED) is 0.171. The van der Waals surface area contributed by atoms with Crippen molar-refractivity contribution < 1.29 is 0 Å². The van der Waals surface area contributed by atoms with E-state index in [2.05, 4.69) is 225 Å². The molecule has 1 unspecified atom stereocenters. The molecule has 7 aromatic rings. The van der Waals surface area contributed by atoms with E-state index in [1.54, 1.807) is 0 Å². The first-order valence-corrected chi connectivity index (χ1v) is 20.3. The molecule has 0 aromatic heterocycles. The Labute approximate surface area is 334 Å². The first-order valence-electron chi connectivity index (χ1n) is 20.3. The summed E-state index contributed by atoms with van der Waals surface area (Å²) in [6, 6.07) is 59.6. The molecule has 1 atom stereocenters. The van der Waals surface area contributed by atoms with Crippen LogP contribution in [0.4, 0.5) is 17.1 Å². The van der Waals surface area contributed by atoms with Gasteiger partial charge in [0.2, 0.25) is 0 Å². The Morgan fingerprint density at radius 1 is 0.393 bits per heavy atom. The summed E-state index contributed by atoms with van der Waals surface area (Å²) in [6.45, 7) is 21.2. The van der Waals surface area contributed by atoms with Crippen LogP contribution in [0.15, 0.2) is 158 Å². The Morgan fingerprint density at radius 2 is 0.893 bits per heavy atom. The van der Waals surface area contributed by atoms with Crippen molar-refractivity contribution >= 4 is 17.1 Å². The summed E-state index contributed by atoms with van der Waals surface area (Å²) in [6.07, 6.45) is 0. The first kappa shape index (κ1) is 36.0. The molecule has 2 aliphatic carbocycles. The van der Waals surface area contributed by atoms with Crippen LogP contribution in [0, 0.1) is 0 Å². The van der Waals surface area contributed by atoms with Gasteiger partial charge in [-0.25, -0.2) is 0 Å². The largest absolute Gasteiger partial charge is 0.310 e. The van der Waals surface area contributed by atoms with Gasteiger partial charge in [0.15, 0.2) is 0 Å². The number of nitrogens with zero attached hydrogens (tertiary/aromatic N) is 1. The Morgan fingerprint density at radius 3 is 1.54 bits per heavy atom.